The minimum absolute atomic E-state index is 0.194. The van der Waals surface area contributed by atoms with Crippen molar-refractivity contribution in [2.75, 3.05) is 20.3 Å². The number of esters is 1. The van der Waals surface area contributed by atoms with E-state index >= 15 is 0 Å². The second-order valence-electron chi connectivity index (χ2n) is 5.46. The third-order valence-corrected chi connectivity index (χ3v) is 3.94. The predicted octanol–water partition coefficient (Wildman–Crippen LogP) is 1.20. The fourth-order valence-electron chi connectivity index (χ4n) is 2.68. The number of carbonyl (C=O) groups excluding carboxylic acids is 1. The topological polar surface area (TPSA) is 65.4 Å². The summed E-state index contributed by atoms with van der Waals surface area (Å²) in [5.74, 6) is -0.273. The van der Waals surface area contributed by atoms with Gasteiger partial charge in [0.05, 0.1) is 31.4 Å². The molecule has 0 radical (unpaired) electrons. The van der Waals surface area contributed by atoms with Gasteiger partial charge in [-0.3, -0.25) is 5.32 Å². The van der Waals surface area contributed by atoms with Gasteiger partial charge < -0.3 is 14.0 Å². The lowest BCUT2D eigenvalue weighted by molar-refractivity contribution is -0.143. The molecule has 2 aliphatic rings. The summed E-state index contributed by atoms with van der Waals surface area (Å²) in [6.45, 7) is 1.48. The van der Waals surface area contributed by atoms with Gasteiger partial charge in [-0.2, -0.15) is 0 Å². The molecule has 2 fully saturated rings. The SMILES string of the molecule is COC(=O)C(NCC1CCCO1)c1cncn1C1CC1. The Morgan fingerprint density at radius 1 is 1.60 bits per heavy atom. The van der Waals surface area contributed by atoms with Crippen LogP contribution >= 0.6 is 0 Å². The highest BCUT2D eigenvalue weighted by molar-refractivity contribution is 5.77. The number of methoxy groups -OCH3 is 1. The second kappa shape index (κ2) is 5.93. The van der Waals surface area contributed by atoms with E-state index < -0.39 is 6.04 Å². The summed E-state index contributed by atoms with van der Waals surface area (Å²) in [6.07, 6.45) is 8.20. The molecule has 1 saturated heterocycles. The first-order chi connectivity index (χ1) is 9.79. The summed E-state index contributed by atoms with van der Waals surface area (Å²) in [6, 6.07) is 0.0245. The molecule has 2 heterocycles. The molecule has 6 nitrogen and oxygen atoms in total. The van der Waals surface area contributed by atoms with E-state index in [-0.39, 0.29) is 12.1 Å². The van der Waals surface area contributed by atoms with Gasteiger partial charge in [-0.25, -0.2) is 9.78 Å². The van der Waals surface area contributed by atoms with Crippen molar-refractivity contribution in [2.45, 2.75) is 43.9 Å². The Hall–Kier alpha value is -1.40. The first-order valence-electron chi connectivity index (χ1n) is 7.24. The Morgan fingerprint density at radius 3 is 3.10 bits per heavy atom. The van der Waals surface area contributed by atoms with Gasteiger partial charge in [-0.15, -0.1) is 0 Å². The Kier molecular flexibility index (Phi) is 4.03. The van der Waals surface area contributed by atoms with Crippen LogP contribution in [0.4, 0.5) is 0 Å². The van der Waals surface area contributed by atoms with E-state index in [1.165, 1.54) is 7.11 Å². The van der Waals surface area contributed by atoms with Crippen LogP contribution in [-0.4, -0.2) is 41.9 Å². The number of aromatic nitrogens is 2. The van der Waals surface area contributed by atoms with Crippen LogP contribution in [-0.2, 0) is 14.3 Å². The molecule has 3 rings (SSSR count). The minimum Gasteiger partial charge on any atom is -0.468 e. The fraction of sp³-hybridized carbons (Fsp3) is 0.714. The highest BCUT2D eigenvalue weighted by Crippen LogP contribution is 2.37. The Bertz CT molecular complexity index is 464. The average Bonchev–Trinajstić information content (AvgIpc) is 2.99. The van der Waals surface area contributed by atoms with Crippen molar-refractivity contribution in [1.82, 2.24) is 14.9 Å². The number of ether oxygens (including phenoxy) is 2. The van der Waals surface area contributed by atoms with E-state index in [2.05, 4.69) is 14.9 Å². The van der Waals surface area contributed by atoms with Crippen LogP contribution in [0.15, 0.2) is 12.5 Å². The van der Waals surface area contributed by atoms with Crippen molar-refractivity contribution >= 4 is 5.97 Å². The summed E-state index contributed by atoms with van der Waals surface area (Å²) in [7, 11) is 1.42. The molecular formula is C14H21N3O3. The highest BCUT2D eigenvalue weighted by Gasteiger charge is 2.32. The number of hydrogen-bond acceptors (Lipinski definition) is 5. The molecule has 20 heavy (non-hydrogen) atoms. The number of rotatable bonds is 6. The predicted molar refractivity (Wildman–Crippen MR) is 72.2 cm³/mol. The van der Waals surface area contributed by atoms with Gasteiger partial charge in [-0.1, -0.05) is 0 Å². The Morgan fingerprint density at radius 2 is 2.45 bits per heavy atom. The van der Waals surface area contributed by atoms with Crippen molar-refractivity contribution in [2.24, 2.45) is 0 Å². The Labute approximate surface area is 118 Å². The summed E-state index contributed by atoms with van der Waals surface area (Å²) in [5.41, 5.74) is 0.886. The quantitative estimate of drug-likeness (QED) is 0.793. The van der Waals surface area contributed by atoms with Crippen LogP contribution in [0.3, 0.4) is 0 Å². The van der Waals surface area contributed by atoms with Gasteiger partial charge in [0.1, 0.15) is 6.04 Å². The third-order valence-electron chi connectivity index (χ3n) is 3.94. The maximum atomic E-state index is 12.0. The maximum absolute atomic E-state index is 12.0. The lowest BCUT2D eigenvalue weighted by Crippen LogP contribution is -2.36. The summed E-state index contributed by atoms with van der Waals surface area (Å²) in [5, 5.41) is 3.28. The van der Waals surface area contributed by atoms with E-state index in [0.717, 1.165) is 38.0 Å². The molecule has 6 heteroatoms. The zero-order valence-corrected chi connectivity index (χ0v) is 11.7. The van der Waals surface area contributed by atoms with E-state index in [0.29, 0.717) is 12.6 Å². The molecule has 1 aliphatic heterocycles. The van der Waals surface area contributed by atoms with Gasteiger partial charge in [-0.05, 0) is 25.7 Å². The third kappa shape index (κ3) is 2.86. The van der Waals surface area contributed by atoms with E-state index in [1.807, 2.05) is 0 Å². The van der Waals surface area contributed by atoms with Crippen LogP contribution in [0, 0.1) is 0 Å². The van der Waals surface area contributed by atoms with Gasteiger partial charge >= 0.3 is 5.97 Å². The monoisotopic (exact) mass is 279 g/mol. The van der Waals surface area contributed by atoms with Crippen molar-refractivity contribution in [3.05, 3.63) is 18.2 Å². The van der Waals surface area contributed by atoms with Gasteiger partial charge in [0.25, 0.3) is 0 Å². The standard InChI is InChI=1S/C14H21N3O3/c1-19-14(18)13(16-7-11-3-2-6-20-11)12-8-15-9-17(12)10-4-5-10/h8-11,13,16H,2-7H2,1H3. The van der Waals surface area contributed by atoms with Crippen molar-refractivity contribution in [1.29, 1.82) is 0 Å². The molecule has 1 aliphatic carbocycles. The molecule has 2 atom stereocenters. The second-order valence-corrected chi connectivity index (χ2v) is 5.46. The Balaban J connectivity index is 1.71. The van der Waals surface area contributed by atoms with Crippen LogP contribution < -0.4 is 5.32 Å². The maximum Gasteiger partial charge on any atom is 0.329 e. The molecule has 1 saturated carbocycles. The van der Waals surface area contributed by atoms with Gasteiger partial charge in [0.15, 0.2) is 0 Å². The molecule has 110 valence electrons. The summed E-state index contributed by atoms with van der Waals surface area (Å²) in [4.78, 5) is 16.2. The molecule has 0 amide bonds. The molecular weight excluding hydrogens is 258 g/mol. The fourth-order valence-corrected chi connectivity index (χ4v) is 2.68. The molecule has 1 aromatic rings. The van der Waals surface area contributed by atoms with Crippen LogP contribution in [0.5, 0.6) is 0 Å². The van der Waals surface area contributed by atoms with Crippen molar-refractivity contribution < 1.29 is 14.3 Å². The van der Waals surface area contributed by atoms with Gasteiger partial charge in [0, 0.05) is 19.2 Å². The molecule has 0 bridgehead atoms. The zero-order valence-electron chi connectivity index (χ0n) is 11.7. The van der Waals surface area contributed by atoms with E-state index in [9.17, 15) is 4.79 Å². The number of nitrogens with one attached hydrogen (secondary N) is 1. The average molecular weight is 279 g/mol. The first kappa shape index (κ1) is 13.6. The molecule has 0 spiro atoms. The van der Waals surface area contributed by atoms with Crippen molar-refractivity contribution in [3.8, 4) is 0 Å². The number of hydrogen-bond donors (Lipinski definition) is 1. The van der Waals surface area contributed by atoms with Gasteiger partial charge in [0.2, 0.25) is 0 Å². The normalized spacial score (nSPS) is 23.8. The minimum atomic E-state index is -0.465. The molecule has 1 aromatic heterocycles. The number of carbonyl (C=O) groups is 1. The van der Waals surface area contributed by atoms with Crippen LogP contribution in [0.2, 0.25) is 0 Å². The van der Waals surface area contributed by atoms with E-state index in [1.54, 1.807) is 12.5 Å². The molecule has 1 N–H and O–H groups in total. The lowest BCUT2D eigenvalue weighted by Gasteiger charge is -2.20. The largest absolute Gasteiger partial charge is 0.468 e. The van der Waals surface area contributed by atoms with Crippen LogP contribution in [0.25, 0.3) is 0 Å². The summed E-state index contributed by atoms with van der Waals surface area (Å²) >= 11 is 0. The number of nitrogens with zero attached hydrogens (tertiary/aromatic N) is 2. The lowest BCUT2D eigenvalue weighted by atomic mass is 10.2. The highest BCUT2D eigenvalue weighted by atomic mass is 16.5. The van der Waals surface area contributed by atoms with Crippen LogP contribution in [0.1, 0.15) is 43.5 Å². The molecule has 0 aromatic carbocycles. The first-order valence-corrected chi connectivity index (χ1v) is 7.24. The van der Waals surface area contributed by atoms with Crippen molar-refractivity contribution in [3.63, 3.8) is 0 Å². The van der Waals surface area contributed by atoms with E-state index in [4.69, 9.17) is 9.47 Å². The number of imidazole rings is 1. The smallest absolute Gasteiger partial charge is 0.329 e. The summed E-state index contributed by atoms with van der Waals surface area (Å²) < 4.78 is 12.6. The molecule has 2 unspecified atom stereocenters. The zero-order chi connectivity index (χ0) is 13.9.